The van der Waals surface area contributed by atoms with E-state index in [4.69, 9.17) is 20.9 Å². The lowest BCUT2D eigenvalue weighted by molar-refractivity contribution is -0.147. The van der Waals surface area contributed by atoms with E-state index in [1.165, 1.54) is 30.7 Å². The zero-order chi connectivity index (χ0) is 67.5. The molecule has 0 spiro atoms. The van der Waals surface area contributed by atoms with Gasteiger partial charge in [-0.2, -0.15) is 0 Å². The Bertz CT molecular complexity index is 3260. The third-order valence-corrected chi connectivity index (χ3v) is 19.0. The van der Waals surface area contributed by atoms with Crippen LogP contribution in [0.5, 0.6) is 11.5 Å². The van der Waals surface area contributed by atoms with Crippen LogP contribution in [0.25, 0.3) is 11.1 Å². The number of amides is 7. The van der Waals surface area contributed by atoms with Crippen molar-refractivity contribution < 1.29 is 78.8 Å². The monoisotopic (exact) mass is 1310 g/mol. The molecule has 16 N–H and O–H groups in total. The second kappa shape index (κ2) is 31.6. The van der Waals surface area contributed by atoms with Gasteiger partial charge in [-0.25, -0.2) is 0 Å². The van der Waals surface area contributed by atoms with Gasteiger partial charge in [-0.3, -0.25) is 38.5 Å². The maximum absolute atomic E-state index is 14.7. The molecule has 0 unspecified atom stereocenters. The van der Waals surface area contributed by atoms with Gasteiger partial charge in [0, 0.05) is 102 Å². The van der Waals surface area contributed by atoms with Crippen LogP contribution in [0.2, 0.25) is 0 Å². The Morgan fingerprint density at radius 2 is 1.35 bits per heavy atom. The van der Waals surface area contributed by atoms with Crippen LogP contribution in [-0.2, 0) is 45.5 Å². The molecular weight excluding hydrogens is 1210 g/mol. The van der Waals surface area contributed by atoms with E-state index in [-0.39, 0.29) is 60.9 Å². The number of aliphatic hydroxyl groups excluding tert-OH is 6. The van der Waals surface area contributed by atoms with Gasteiger partial charge < -0.3 is 98.0 Å². The first-order valence-corrected chi connectivity index (χ1v) is 32.4. The number of nitrogens with one attached hydrogen (secondary N) is 5. The maximum Gasteiger partial charge on any atom is 0.251 e. The summed E-state index contributed by atoms with van der Waals surface area (Å²) in [5.41, 5.74) is 15.5. The number of carbonyl (C=O) groups is 7. The van der Waals surface area contributed by atoms with Crippen LogP contribution < -0.4 is 47.7 Å². The van der Waals surface area contributed by atoms with Crippen molar-refractivity contribution in [3.8, 4) is 22.6 Å². The Labute approximate surface area is 546 Å². The molecule has 27 nitrogen and oxygen atoms in total. The topological polar surface area (TPSA) is 405 Å². The molecule has 510 valence electrons. The Kier molecular flexibility index (Phi) is 23.7. The lowest BCUT2D eigenvalue weighted by atomic mass is 9.77. The number of ether oxygens (including phenoxy) is 2. The number of β-amino-alcohol motifs (C(OH)–C–C–N with tert-alkyl or cyclic N) is 1. The highest BCUT2D eigenvalue weighted by Crippen LogP contribution is 2.42. The van der Waals surface area contributed by atoms with Gasteiger partial charge in [0.25, 0.3) is 5.91 Å². The average molecular weight is 1310 g/mol. The molecule has 4 aliphatic heterocycles. The fourth-order valence-corrected chi connectivity index (χ4v) is 13.6. The van der Waals surface area contributed by atoms with Gasteiger partial charge in [-0.1, -0.05) is 67.6 Å². The summed E-state index contributed by atoms with van der Waals surface area (Å²) in [7, 11) is 1.81. The first-order chi connectivity index (χ1) is 45.0. The first-order valence-electron chi connectivity index (χ1n) is 32.4. The third kappa shape index (κ3) is 16.4. The molecule has 7 amide bonds. The van der Waals surface area contributed by atoms with Gasteiger partial charge in [-0.05, 0) is 104 Å². The molecule has 5 fully saturated rings. The summed E-state index contributed by atoms with van der Waals surface area (Å²) in [6.45, 7) is 4.77. The van der Waals surface area contributed by atoms with Crippen molar-refractivity contribution in [1.82, 2.24) is 41.3 Å². The number of fused-ring (bicyclic) bond motifs is 2. The summed E-state index contributed by atoms with van der Waals surface area (Å²) >= 11 is 0. The molecule has 4 aromatic carbocycles. The number of phenols is 1. The minimum atomic E-state index is -2.04. The molecular formula is C67H91N11O16. The van der Waals surface area contributed by atoms with E-state index in [2.05, 4.69) is 72.8 Å². The number of methoxy groups -OCH3 is 1. The predicted octanol–water partition coefficient (Wildman–Crippen LogP) is -1.70. The molecule has 94 heavy (non-hydrogen) atoms. The number of benzene rings is 4. The van der Waals surface area contributed by atoms with Crippen LogP contribution in [0.3, 0.4) is 0 Å². The molecule has 4 aromatic rings. The number of nitrogens with zero attached hydrogens (tertiary/aromatic N) is 4. The second-order valence-corrected chi connectivity index (χ2v) is 25.5. The smallest absolute Gasteiger partial charge is 0.251 e. The standard InChI is InChI=1S/C67H91N11O16/c1-38-36-78-58(59(38)85)64(90)70-35-47(80)33-49(71-60(86)43-12-10-41(11-13-43)42-14-16-45(17-15-42)75-26-28-76(29-27-75)46-19-22-67(93-3,23-20-46)44-7-5-4-6-8-44)61(87)72-55(39(2)79)65(91)77-37-48(81)34-50(77)62(88)73-56(63(89)74-57(66(78)92)52(83)21-24-68)53(84)31-40-9-18-51(82)54(32-40)94-30-25-69/h4-18,32,38-39,46-50,52-53,55-59,79-85H,19-31,33-37,68-69H2,1-3H3,(H,70,90)(H,71,86)(H,72,87)(H,73,88)(H,74,89)/t38-,39+,46?,47+,48+,49-,50-,52+,53+,55-,56-,57-,58-,59-,67?/m0/s1. The van der Waals surface area contributed by atoms with Gasteiger partial charge in [-0.15, -0.1) is 0 Å². The fourth-order valence-electron chi connectivity index (χ4n) is 13.6. The molecule has 5 aliphatic rings. The van der Waals surface area contributed by atoms with E-state index in [0.29, 0.717) is 6.04 Å². The highest BCUT2D eigenvalue weighted by molar-refractivity contribution is 6.00. The zero-order valence-corrected chi connectivity index (χ0v) is 53.3. The Morgan fingerprint density at radius 1 is 0.713 bits per heavy atom. The van der Waals surface area contributed by atoms with Crippen LogP contribution >= 0.6 is 0 Å². The Hall–Kier alpha value is -7.83. The highest BCUT2D eigenvalue weighted by Gasteiger charge is 2.50. The number of hydrogen-bond acceptors (Lipinski definition) is 20. The highest BCUT2D eigenvalue weighted by atomic mass is 16.5. The number of aromatic hydroxyl groups is 1. The van der Waals surface area contributed by atoms with E-state index >= 15 is 0 Å². The summed E-state index contributed by atoms with van der Waals surface area (Å²) in [6, 6.07) is 18.8. The number of aliphatic hydroxyl groups is 6. The van der Waals surface area contributed by atoms with Crippen LogP contribution in [0, 0.1) is 5.92 Å². The van der Waals surface area contributed by atoms with Crippen molar-refractivity contribution in [1.29, 1.82) is 0 Å². The van der Waals surface area contributed by atoms with Crippen LogP contribution in [0.15, 0.2) is 97.1 Å². The molecule has 27 heteroatoms. The molecule has 0 bridgehead atoms. The van der Waals surface area contributed by atoms with Gasteiger partial charge in [0.15, 0.2) is 11.5 Å². The molecule has 0 aromatic heterocycles. The summed E-state index contributed by atoms with van der Waals surface area (Å²) < 4.78 is 11.7. The lowest BCUT2D eigenvalue weighted by Gasteiger charge is -2.46. The third-order valence-electron chi connectivity index (χ3n) is 19.0. The largest absolute Gasteiger partial charge is 0.504 e. The van der Waals surface area contributed by atoms with E-state index < -0.39 is 152 Å². The van der Waals surface area contributed by atoms with Gasteiger partial charge in [0.05, 0.1) is 42.2 Å². The quantitative estimate of drug-likeness (QED) is 0.0560. The van der Waals surface area contributed by atoms with Gasteiger partial charge in [0.1, 0.15) is 42.9 Å². The number of nitrogens with two attached hydrogens (primary N) is 2. The SMILES string of the molecule is COC1(c2ccccc2)CCC(N2CCN(c3ccc(-c4ccc(C(=O)N[C@H]5C[C@@H](O)CNC(=O)[C@@H]6[C@@H](O)[C@@H](C)CN6C(=O)[C@H]([C@H](O)CCN)NC(=O)[C@H]([C@H](O)Cc6ccc(O)c(OCCN)c6)NC(=O)[C@@H]6C[C@@H](O)CN6C(=O)[C@H]([C@@H](C)O)NC5=O)cc4)cc3)CC2)CC1. The van der Waals surface area contributed by atoms with E-state index in [1.807, 2.05) is 25.3 Å². The molecule has 4 saturated heterocycles. The fraction of sp³-hybridized carbons (Fsp3) is 0.537. The molecule has 0 radical (unpaired) electrons. The van der Waals surface area contributed by atoms with Gasteiger partial charge >= 0.3 is 0 Å². The number of piperazine rings is 1. The molecule has 1 saturated carbocycles. The van der Waals surface area contributed by atoms with Crippen molar-refractivity contribution in [2.75, 3.05) is 77.5 Å². The van der Waals surface area contributed by atoms with Crippen molar-refractivity contribution in [2.24, 2.45) is 17.4 Å². The Balaban J connectivity index is 0.928. The normalized spacial score (nSPS) is 29.0. The molecule has 9 rings (SSSR count). The number of hydrogen-bond donors (Lipinski definition) is 14. The van der Waals surface area contributed by atoms with Crippen molar-refractivity contribution in [3.05, 3.63) is 114 Å². The number of carbonyl (C=O) groups excluding carboxylic acids is 7. The average Bonchev–Trinajstić information content (AvgIpc) is 1.64. The second-order valence-electron chi connectivity index (χ2n) is 25.5. The Morgan fingerprint density at radius 3 is 1.99 bits per heavy atom. The van der Waals surface area contributed by atoms with E-state index in [9.17, 15) is 69.3 Å². The van der Waals surface area contributed by atoms with Crippen LogP contribution in [-0.4, -0.2) is 243 Å². The summed E-state index contributed by atoms with van der Waals surface area (Å²) in [5.74, 6) is -8.52. The summed E-state index contributed by atoms with van der Waals surface area (Å²) in [6.07, 6.45) is -7.70. The summed E-state index contributed by atoms with van der Waals surface area (Å²) in [5, 5.41) is 91.6. The predicted molar refractivity (Wildman–Crippen MR) is 344 cm³/mol. The zero-order valence-electron chi connectivity index (χ0n) is 53.3. The molecule has 13 atom stereocenters. The van der Waals surface area contributed by atoms with E-state index in [1.54, 1.807) is 31.2 Å². The number of anilines is 1. The first kappa shape index (κ1) is 70.5. The van der Waals surface area contributed by atoms with Gasteiger partial charge in [0.2, 0.25) is 35.4 Å². The van der Waals surface area contributed by atoms with Crippen molar-refractivity contribution in [2.45, 2.75) is 150 Å². The van der Waals surface area contributed by atoms with Crippen LogP contribution in [0.1, 0.15) is 80.3 Å². The van der Waals surface area contributed by atoms with E-state index in [0.717, 1.165) is 78.5 Å². The summed E-state index contributed by atoms with van der Waals surface area (Å²) in [4.78, 5) is 108. The maximum atomic E-state index is 14.7. The molecule has 4 heterocycles. The number of rotatable bonds is 17. The lowest BCUT2D eigenvalue weighted by Crippen LogP contribution is -2.64. The minimum Gasteiger partial charge on any atom is -0.504 e. The molecule has 1 aliphatic carbocycles. The number of phenolic OH excluding ortho intramolecular Hbond substituents is 1. The van der Waals surface area contributed by atoms with Crippen molar-refractivity contribution >= 4 is 47.0 Å². The van der Waals surface area contributed by atoms with Crippen molar-refractivity contribution in [3.63, 3.8) is 0 Å². The van der Waals surface area contributed by atoms with Crippen LogP contribution in [0.4, 0.5) is 5.69 Å². The minimum absolute atomic E-state index is 0.00164.